The summed E-state index contributed by atoms with van der Waals surface area (Å²) in [6, 6.07) is 0. The van der Waals surface area contributed by atoms with Gasteiger partial charge in [-0.2, -0.15) is 0 Å². The quantitative estimate of drug-likeness (QED) is 0.761. The van der Waals surface area contributed by atoms with E-state index in [0.717, 1.165) is 26.1 Å². The van der Waals surface area contributed by atoms with Crippen molar-refractivity contribution in [1.29, 1.82) is 0 Å². The summed E-state index contributed by atoms with van der Waals surface area (Å²) in [4.78, 5) is 14.1. The van der Waals surface area contributed by atoms with E-state index < -0.39 is 0 Å². The van der Waals surface area contributed by atoms with Crippen LogP contribution in [0.4, 0.5) is 0 Å². The fourth-order valence-electron chi connectivity index (χ4n) is 3.43. The molecule has 0 aromatic heterocycles. The number of amides is 1. The van der Waals surface area contributed by atoms with Crippen LogP contribution in [0.15, 0.2) is 0 Å². The molecule has 1 aliphatic heterocycles. The Kier molecular flexibility index (Phi) is 4.43. The monoisotopic (exact) mass is 238 g/mol. The predicted molar refractivity (Wildman–Crippen MR) is 69.9 cm³/mol. The molecule has 2 rings (SSSR count). The summed E-state index contributed by atoms with van der Waals surface area (Å²) in [5.41, 5.74) is 0.627. The van der Waals surface area contributed by atoms with Crippen molar-refractivity contribution in [3.8, 4) is 0 Å². The minimum atomic E-state index is 0.369. The van der Waals surface area contributed by atoms with Gasteiger partial charge in [0.15, 0.2) is 0 Å². The van der Waals surface area contributed by atoms with E-state index in [9.17, 15) is 4.79 Å². The number of likely N-dealkylation sites (tertiary alicyclic amines) is 1. The summed E-state index contributed by atoms with van der Waals surface area (Å²) in [5.74, 6) is 0.369. The van der Waals surface area contributed by atoms with E-state index in [0.29, 0.717) is 17.7 Å². The summed E-state index contributed by atoms with van der Waals surface area (Å²) < 4.78 is 0. The molecule has 1 aliphatic carbocycles. The van der Waals surface area contributed by atoms with Crippen LogP contribution in [0.25, 0.3) is 0 Å². The topological polar surface area (TPSA) is 32.3 Å². The maximum Gasteiger partial charge on any atom is 0.222 e. The highest BCUT2D eigenvalue weighted by Gasteiger charge is 2.37. The van der Waals surface area contributed by atoms with Gasteiger partial charge in [-0.05, 0) is 51.1 Å². The van der Waals surface area contributed by atoms with Gasteiger partial charge in [0.1, 0.15) is 0 Å². The van der Waals surface area contributed by atoms with Crippen molar-refractivity contribution in [2.75, 3.05) is 26.7 Å². The standard InChI is InChI=1S/C14H26N2O/c1-15-10-4-5-13(17)16-11-8-14(9-12-16)6-2-3-7-14/h15H,2-12H2,1H3. The zero-order valence-electron chi connectivity index (χ0n) is 11.1. The fourth-order valence-corrected chi connectivity index (χ4v) is 3.43. The summed E-state index contributed by atoms with van der Waals surface area (Å²) >= 11 is 0. The molecule has 3 heteroatoms. The molecule has 1 amide bonds. The summed E-state index contributed by atoms with van der Waals surface area (Å²) in [6.45, 7) is 2.97. The number of hydrogen-bond acceptors (Lipinski definition) is 2. The molecule has 2 aliphatic rings. The van der Waals surface area contributed by atoms with Crippen molar-refractivity contribution in [3.63, 3.8) is 0 Å². The number of hydrogen-bond donors (Lipinski definition) is 1. The van der Waals surface area contributed by atoms with E-state index in [4.69, 9.17) is 0 Å². The molecule has 0 aromatic carbocycles. The molecule has 2 fully saturated rings. The van der Waals surface area contributed by atoms with Crippen molar-refractivity contribution in [3.05, 3.63) is 0 Å². The molecule has 0 radical (unpaired) electrons. The summed E-state index contributed by atoms with van der Waals surface area (Å²) in [7, 11) is 1.94. The average molecular weight is 238 g/mol. The molecule has 1 N–H and O–H groups in total. The highest BCUT2D eigenvalue weighted by atomic mass is 16.2. The van der Waals surface area contributed by atoms with Gasteiger partial charge in [0, 0.05) is 19.5 Å². The van der Waals surface area contributed by atoms with Crippen molar-refractivity contribution < 1.29 is 4.79 Å². The molecule has 3 nitrogen and oxygen atoms in total. The fraction of sp³-hybridized carbons (Fsp3) is 0.929. The van der Waals surface area contributed by atoms with Crippen LogP contribution in [0.3, 0.4) is 0 Å². The Morgan fingerprint density at radius 3 is 2.41 bits per heavy atom. The first-order valence-electron chi connectivity index (χ1n) is 7.18. The van der Waals surface area contributed by atoms with E-state index in [1.54, 1.807) is 0 Å². The molecule has 0 bridgehead atoms. The zero-order chi connectivity index (χ0) is 12.1. The van der Waals surface area contributed by atoms with Gasteiger partial charge in [-0.15, -0.1) is 0 Å². The minimum Gasteiger partial charge on any atom is -0.343 e. The number of carbonyl (C=O) groups excluding carboxylic acids is 1. The highest BCUT2D eigenvalue weighted by molar-refractivity contribution is 5.76. The van der Waals surface area contributed by atoms with Gasteiger partial charge in [0.25, 0.3) is 0 Å². The highest BCUT2D eigenvalue weighted by Crippen LogP contribution is 2.46. The van der Waals surface area contributed by atoms with Crippen LogP contribution < -0.4 is 5.32 Å². The van der Waals surface area contributed by atoms with Crippen LogP contribution in [-0.4, -0.2) is 37.5 Å². The molecule has 0 atom stereocenters. The first-order chi connectivity index (χ1) is 8.26. The van der Waals surface area contributed by atoms with Crippen LogP contribution in [0.2, 0.25) is 0 Å². The number of carbonyl (C=O) groups is 1. The average Bonchev–Trinajstić information content (AvgIpc) is 2.79. The van der Waals surface area contributed by atoms with Crippen LogP contribution in [0, 0.1) is 5.41 Å². The van der Waals surface area contributed by atoms with E-state index in [2.05, 4.69) is 10.2 Å². The maximum atomic E-state index is 12.0. The van der Waals surface area contributed by atoms with E-state index in [1.165, 1.54) is 38.5 Å². The van der Waals surface area contributed by atoms with Crippen LogP contribution in [-0.2, 0) is 4.79 Å². The van der Waals surface area contributed by atoms with Gasteiger partial charge in [-0.3, -0.25) is 4.79 Å². The third-order valence-electron chi connectivity index (χ3n) is 4.66. The molecule has 17 heavy (non-hydrogen) atoms. The number of piperidine rings is 1. The zero-order valence-corrected chi connectivity index (χ0v) is 11.1. The van der Waals surface area contributed by atoms with Gasteiger partial charge in [0.2, 0.25) is 5.91 Å². The second-order valence-electron chi connectivity index (χ2n) is 5.80. The van der Waals surface area contributed by atoms with Gasteiger partial charge in [-0.25, -0.2) is 0 Å². The molecule has 0 aromatic rings. The molecule has 1 saturated heterocycles. The second-order valence-corrected chi connectivity index (χ2v) is 5.80. The number of rotatable bonds is 4. The summed E-state index contributed by atoms with van der Waals surface area (Å²) in [6.07, 6.45) is 9.84. The lowest BCUT2D eigenvalue weighted by molar-refractivity contribution is -0.133. The van der Waals surface area contributed by atoms with Gasteiger partial charge < -0.3 is 10.2 Å². The summed E-state index contributed by atoms with van der Waals surface area (Å²) in [5, 5.41) is 3.09. The first kappa shape index (κ1) is 12.9. The lowest BCUT2D eigenvalue weighted by Crippen LogP contribution is -2.42. The Bertz CT molecular complexity index is 249. The van der Waals surface area contributed by atoms with Gasteiger partial charge >= 0.3 is 0 Å². The molecular weight excluding hydrogens is 212 g/mol. The number of nitrogens with zero attached hydrogens (tertiary/aromatic N) is 1. The maximum absolute atomic E-state index is 12.0. The van der Waals surface area contributed by atoms with E-state index in [1.807, 2.05) is 7.05 Å². The van der Waals surface area contributed by atoms with Crippen LogP contribution in [0.5, 0.6) is 0 Å². The molecular formula is C14H26N2O. The third-order valence-corrected chi connectivity index (χ3v) is 4.66. The van der Waals surface area contributed by atoms with Crippen LogP contribution >= 0.6 is 0 Å². The second kappa shape index (κ2) is 5.85. The Labute approximate surface area is 105 Å². The normalized spacial score (nSPS) is 23.2. The SMILES string of the molecule is CNCCCC(=O)N1CCC2(CCCC2)CC1. The first-order valence-corrected chi connectivity index (χ1v) is 7.18. The number of nitrogens with one attached hydrogen (secondary N) is 1. The molecule has 98 valence electrons. The Morgan fingerprint density at radius 1 is 1.18 bits per heavy atom. The smallest absolute Gasteiger partial charge is 0.222 e. The molecule has 1 heterocycles. The molecule has 1 spiro atoms. The van der Waals surface area contributed by atoms with Crippen molar-refractivity contribution in [2.24, 2.45) is 5.41 Å². The van der Waals surface area contributed by atoms with Gasteiger partial charge in [0.05, 0.1) is 0 Å². The largest absolute Gasteiger partial charge is 0.343 e. The van der Waals surface area contributed by atoms with Gasteiger partial charge in [-0.1, -0.05) is 12.8 Å². The molecule has 1 saturated carbocycles. The Balaban J connectivity index is 1.72. The molecule has 0 unspecified atom stereocenters. The minimum absolute atomic E-state index is 0.369. The van der Waals surface area contributed by atoms with E-state index >= 15 is 0 Å². The van der Waals surface area contributed by atoms with Crippen molar-refractivity contribution >= 4 is 5.91 Å². The Morgan fingerprint density at radius 2 is 1.82 bits per heavy atom. The third kappa shape index (κ3) is 3.21. The lowest BCUT2D eigenvalue weighted by atomic mass is 9.77. The lowest BCUT2D eigenvalue weighted by Gasteiger charge is -2.39. The van der Waals surface area contributed by atoms with Crippen LogP contribution in [0.1, 0.15) is 51.4 Å². The predicted octanol–water partition coefficient (Wildman–Crippen LogP) is 2.17. The Hall–Kier alpha value is -0.570. The van der Waals surface area contributed by atoms with Crippen molar-refractivity contribution in [1.82, 2.24) is 10.2 Å². The van der Waals surface area contributed by atoms with Crippen molar-refractivity contribution in [2.45, 2.75) is 51.4 Å². The van der Waals surface area contributed by atoms with E-state index in [-0.39, 0.29) is 0 Å².